The van der Waals surface area contributed by atoms with Gasteiger partial charge in [-0.3, -0.25) is 4.68 Å². The summed E-state index contributed by atoms with van der Waals surface area (Å²) >= 11 is 0. The van der Waals surface area contributed by atoms with Crippen LogP contribution in [0.4, 0.5) is 0 Å². The molecular formula is C14H20N4O. The lowest BCUT2D eigenvalue weighted by Crippen LogP contribution is -2.31. The van der Waals surface area contributed by atoms with Crippen LogP contribution < -0.4 is 10.1 Å². The molecule has 1 atom stereocenters. The number of rotatable bonds is 6. The summed E-state index contributed by atoms with van der Waals surface area (Å²) in [5, 5.41) is 7.43. The van der Waals surface area contributed by atoms with Crippen LogP contribution in [0.1, 0.15) is 11.4 Å². The molecule has 0 spiro atoms. The molecule has 1 N–H and O–H groups in total. The maximum atomic E-state index is 5.39. The topological polar surface area (TPSA) is 52.0 Å². The Morgan fingerprint density at radius 1 is 1.32 bits per heavy atom. The Kier molecular flexibility index (Phi) is 4.52. The minimum atomic E-state index is 0.305. The molecule has 1 heterocycles. The van der Waals surface area contributed by atoms with Crippen molar-refractivity contribution in [1.29, 1.82) is 0 Å². The van der Waals surface area contributed by atoms with E-state index in [0.29, 0.717) is 6.04 Å². The molecule has 1 aromatic carbocycles. The van der Waals surface area contributed by atoms with Gasteiger partial charge < -0.3 is 10.1 Å². The van der Waals surface area contributed by atoms with Crippen LogP contribution in [-0.4, -0.2) is 35.0 Å². The summed E-state index contributed by atoms with van der Waals surface area (Å²) in [6.07, 6.45) is 3.32. The van der Waals surface area contributed by atoms with Gasteiger partial charge >= 0.3 is 0 Å². The Bertz CT molecular complexity index is 524. The molecule has 0 aliphatic carbocycles. The van der Waals surface area contributed by atoms with Crippen LogP contribution in [0.5, 0.6) is 5.75 Å². The van der Waals surface area contributed by atoms with Crippen LogP contribution in [0.15, 0.2) is 30.6 Å². The van der Waals surface area contributed by atoms with Gasteiger partial charge in [-0.1, -0.05) is 18.2 Å². The molecule has 5 heteroatoms. The summed E-state index contributed by atoms with van der Waals surface area (Å²) in [6.45, 7) is 0. The molecule has 19 heavy (non-hydrogen) atoms. The maximum Gasteiger partial charge on any atom is 0.138 e. The van der Waals surface area contributed by atoms with E-state index in [2.05, 4.69) is 21.5 Å². The third kappa shape index (κ3) is 3.32. The SMILES string of the molecule is CNC(Cc1ccccc1OC)Cc1ncnn1C. The molecule has 2 aromatic rings. The second-order valence-electron chi connectivity index (χ2n) is 4.51. The number of likely N-dealkylation sites (N-methyl/N-ethyl adjacent to an activating group) is 1. The quantitative estimate of drug-likeness (QED) is 0.848. The summed E-state index contributed by atoms with van der Waals surface area (Å²) in [5.74, 6) is 1.91. The van der Waals surface area contributed by atoms with Gasteiger partial charge in [-0.15, -0.1) is 0 Å². The highest BCUT2D eigenvalue weighted by Gasteiger charge is 2.13. The number of benzene rings is 1. The molecule has 0 fully saturated rings. The molecule has 1 aromatic heterocycles. The van der Waals surface area contributed by atoms with Crippen molar-refractivity contribution in [2.75, 3.05) is 14.2 Å². The number of aryl methyl sites for hydroxylation is 1. The number of methoxy groups -OCH3 is 1. The van der Waals surface area contributed by atoms with Gasteiger partial charge in [-0.2, -0.15) is 5.10 Å². The number of hydrogen-bond donors (Lipinski definition) is 1. The Morgan fingerprint density at radius 2 is 2.11 bits per heavy atom. The van der Waals surface area contributed by atoms with Crippen LogP contribution >= 0.6 is 0 Å². The highest BCUT2D eigenvalue weighted by atomic mass is 16.5. The average Bonchev–Trinajstić information content (AvgIpc) is 2.84. The monoisotopic (exact) mass is 260 g/mol. The van der Waals surface area contributed by atoms with E-state index in [1.807, 2.05) is 37.0 Å². The summed E-state index contributed by atoms with van der Waals surface area (Å²) in [7, 11) is 5.59. The first-order valence-electron chi connectivity index (χ1n) is 6.36. The number of nitrogens with one attached hydrogen (secondary N) is 1. The normalized spacial score (nSPS) is 12.4. The van der Waals surface area contributed by atoms with Crippen molar-refractivity contribution in [3.63, 3.8) is 0 Å². The average molecular weight is 260 g/mol. The molecule has 0 saturated carbocycles. The van der Waals surface area contributed by atoms with E-state index in [0.717, 1.165) is 24.4 Å². The molecule has 0 saturated heterocycles. The van der Waals surface area contributed by atoms with Gasteiger partial charge in [0.1, 0.15) is 17.9 Å². The fourth-order valence-electron chi connectivity index (χ4n) is 2.14. The zero-order chi connectivity index (χ0) is 13.7. The number of ether oxygens (including phenoxy) is 1. The van der Waals surface area contributed by atoms with Gasteiger partial charge in [-0.25, -0.2) is 4.98 Å². The summed E-state index contributed by atoms with van der Waals surface area (Å²) < 4.78 is 7.20. The minimum Gasteiger partial charge on any atom is -0.496 e. The Labute approximate surface area is 113 Å². The number of para-hydroxylation sites is 1. The highest BCUT2D eigenvalue weighted by Crippen LogP contribution is 2.19. The van der Waals surface area contributed by atoms with Crippen molar-refractivity contribution < 1.29 is 4.74 Å². The maximum absolute atomic E-state index is 5.39. The smallest absolute Gasteiger partial charge is 0.138 e. The van der Waals surface area contributed by atoms with Crippen LogP contribution in [0.2, 0.25) is 0 Å². The van der Waals surface area contributed by atoms with Crippen molar-refractivity contribution >= 4 is 0 Å². The summed E-state index contributed by atoms with van der Waals surface area (Å²) in [5.41, 5.74) is 1.20. The van der Waals surface area contributed by atoms with E-state index >= 15 is 0 Å². The second kappa shape index (κ2) is 6.33. The molecule has 5 nitrogen and oxygen atoms in total. The number of aromatic nitrogens is 3. The molecule has 0 radical (unpaired) electrons. The van der Waals surface area contributed by atoms with Crippen LogP contribution in [0.3, 0.4) is 0 Å². The van der Waals surface area contributed by atoms with E-state index < -0.39 is 0 Å². The zero-order valence-corrected chi connectivity index (χ0v) is 11.6. The Morgan fingerprint density at radius 3 is 2.74 bits per heavy atom. The van der Waals surface area contributed by atoms with Crippen LogP contribution in [0, 0.1) is 0 Å². The first-order chi connectivity index (χ1) is 9.24. The van der Waals surface area contributed by atoms with Gasteiger partial charge in [0, 0.05) is 19.5 Å². The van der Waals surface area contributed by atoms with Crippen molar-refractivity contribution in [3.8, 4) is 5.75 Å². The summed E-state index contributed by atoms with van der Waals surface area (Å²) in [6, 6.07) is 8.41. The van der Waals surface area contributed by atoms with Crippen molar-refractivity contribution in [1.82, 2.24) is 20.1 Å². The zero-order valence-electron chi connectivity index (χ0n) is 11.6. The fraction of sp³-hybridized carbons (Fsp3) is 0.429. The Balaban J connectivity index is 2.09. The molecular weight excluding hydrogens is 240 g/mol. The lowest BCUT2D eigenvalue weighted by atomic mass is 10.0. The third-order valence-electron chi connectivity index (χ3n) is 3.30. The molecule has 0 aliphatic heterocycles. The van der Waals surface area contributed by atoms with E-state index in [4.69, 9.17) is 4.74 Å². The largest absolute Gasteiger partial charge is 0.496 e. The van der Waals surface area contributed by atoms with Gasteiger partial charge in [0.25, 0.3) is 0 Å². The second-order valence-corrected chi connectivity index (χ2v) is 4.51. The lowest BCUT2D eigenvalue weighted by Gasteiger charge is -2.17. The standard InChI is InChI=1S/C14H20N4O/c1-15-12(9-14-16-10-17-18(14)2)8-11-6-4-5-7-13(11)19-3/h4-7,10,12,15H,8-9H2,1-3H3. The predicted octanol–water partition coefficient (Wildman–Crippen LogP) is 1.20. The molecule has 0 bridgehead atoms. The number of hydrogen-bond acceptors (Lipinski definition) is 4. The highest BCUT2D eigenvalue weighted by molar-refractivity contribution is 5.33. The fourth-order valence-corrected chi connectivity index (χ4v) is 2.14. The molecule has 0 amide bonds. The Hall–Kier alpha value is -1.88. The first-order valence-corrected chi connectivity index (χ1v) is 6.36. The van der Waals surface area contributed by atoms with E-state index in [1.54, 1.807) is 13.4 Å². The van der Waals surface area contributed by atoms with Crippen molar-refractivity contribution in [2.45, 2.75) is 18.9 Å². The molecule has 2 rings (SSSR count). The van der Waals surface area contributed by atoms with Crippen LogP contribution in [0.25, 0.3) is 0 Å². The molecule has 102 valence electrons. The van der Waals surface area contributed by atoms with E-state index in [9.17, 15) is 0 Å². The molecule has 0 aliphatic rings. The number of nitrogens with zero attached hydrogens (tertiary/aromatic N) is 3. The third-order valence-corrected chi connectivity index (χ3v) is 3.30. The van der Waals surface area contributed by atoms with E-state index in [1.165, 1.54) is 5.56 Å². The summed E-state index contributed by atoms with van der Waals surface area (Å²) in [4.78, 5) is 4.27. The van der Waals surface area contributed by atoms with Crippen molar-refractivity contribution in [3.05, 3.63) is 42.0 Å². The van der Waals surface area contributed by atoms with Gasteiger partial charge in [-0.05, 0) is 25.1 Å². The first kappa shape index (κ1) is 13.5. The lowest BCUT2D eigenvalue weighted by molar-refractivity contribution is 0.405. The van der Waals surface area contributed by atoms with Gasteiger partial charge in [0.2, 0.25) is 0 Å². The van der Waals surface area contributed by atoms with Gasteiger partial charge in [0.15, 0.2) is 0 Å². The van der Waals surface area contributed by atoms with Crippen LogP contribution in [-0.2, 0) is 19.9 Å². The van der Waals surface area contributed by atoms with Gasteiger partial charge in [0.05, 0.1) is 7.11 Å². The van der Waals surface area contributed by atoms with E-state index in [-0.39, 0.29) is 0 Å². The predicted molar refractivity (Wildman–Crippen MR) is 74.3 cm³/mol. The molecule has 1 unspecified atom stereocenters. The van der Waals surface area contributed by atoms with Crippen molar-refractivity contribution in [2.24, 2.45) is 7.05 Å². The minimum absolute atomic E-state index is 0.305.